The summed E-state index contributed by atoms with van der Waals surface area (Å²) in [5.74, 6) is 1.23. The van der Waals surface area contributed by atoms with Crippen LogP contribution in [0.1, 0.15) is 0 Å². The molecule has 0 N–H and O–H groups in total. The van der Waals surface area contributed by atoms with E-state index in [-0.39, 0.29) is 0 Å². The standard InChI is InChI=1S/C7H15NOS/c1-8(3-4-10-2)5-7-6-9-7/h7H,3-6H2,1-2H3. The van der Waals surface area contributed by atoms with Crippen LogP contribution in [0.3, 0.4) is 0 Å². The number of likely N-dealkylation sites (N-methyl/N-ethyl adjacent to an activating group) is 1. The van der Waals surface area contributed by atoms with Crippen molar-refractivity contribution in [1.29, 1.82) is 0 Å². The van der Waals surface area contributed by atoms with Gasteiger partial charge in [-0.15, -0.1) is 0 Å². The summed E-state index contributed by atoms with van der Waals surface area (Å²) in [5, 5.41) is 0. The molecule has 0 bridgehead atoms. The molecule has 0 aromatic heterocycles. The molecule has 0 amide bonds. The molecule has 1 fully saturated rings. The maximum Gasteiger partial charge on any atom is 0.0936 e. The fraction of sp³-hybridized carbons (Fsp3) is 1.00. The minimum absolute atomic E-state index is 0.548. The second-order valence-electron chi connectivity index (χ2n) is 2.71. The van der Waals surface area contributed by atoms with Gasteiger partial charge in [0, 0.05) is 18.8 Å². The van der Waals surface area contributed by atoms with E-state index in [4.69, 9.17) is 4.74 Å². The van der Waals surface area contributed by atoms with Crippen LogP contribution in [-0.2, 0) is 4.74 Å². The molecule has 0 saturated carbocycles. The van der Waals surface area contributed by atoms with E-state index in [1.807, 2.05) is 11.8 Å². The van der Waals surface area contributed by atoms with Crippen molar-refractivity contribution in [1.82, 2.24) is 4.90 Å². The van der Waals surface area contributed by atoms with Gasteiger partial charge < -0.3 is 9.64 Å². The van der Waals surface area contributed by atoms with E-state index in [2.05, 4.69) is 18.2 Å². The van der Waals surface area contributed by atoms with Gasteiger partial charge in [0.2, 0.25) is 0 Å². The molecule has 60 valence electrons. The summed E-state index contributed by atoms with van der Waals surface area (Å²) < 4.78 is 5.11. The molecule has 0 spiro atoms. The van der Waals surface area contributed by atoms with Crippen molar-refractivity contribution in [2.24, 2.45) is 0 Å². The third-order valence-electron chi connectivity index (χ3n) is 1.59. The Balaban J connectivity index is 1.91. The molecule has 1 unspecified atom stereocenters. The molecule has 1 heterocycles. The molecular weight excluding hydrogens is 146 g/mol. The lowest BCUT2D eigenvalue weighted by Gasteiger charge is -2.13. The van der Waals surface area contributed by atoms with Gasteiger partial charge in [0.05, 0.1) is 12.7 Å². The Morgan fingerprint density at radius 3 is 2.90 bits per heavy atom. The molecule has 1 aliphatic heterocycles. The molecule has 10 heavy (non-hydrogen) atoms. The van der Waals surface area contributed by atoms with Crippen LogP contribution in [0.5, 0.6) is 0 Å². The average molecular weight is 161 g/mol. The van der Waals surface area contributed by atoms with E-state index in [1.54, 1.807) is 0 Å². The van der Waals surface area contributed by atoms with Gasteiger partial charge in [-0.1, -0.05) is 0 Å². The van der Waals surface area contributed by atoms with Crippen molar-refractivity contribution in [3.63, 3.8) is 0 Å². The quantitative estimate of drug-likeness (QED) is 0.551. The lowest BCUT2D eigenvalue weighted by atomic mass is 10.4. The van der Waals surface area contributed by atoms with Crippen LogP contribution in [-0.4, -0.2) is 49.8 Å². The predicted molar refractivity (Wildman–Crippen MR) is 45.6 cm³/mol. The highest BCUT2D eigenvalue weighted by Crippen LogP contribution is 2.09. The van der Waals surface area contributed by atoms with Crippen molar-refractivity contribution >= 4 is 11.8 Å². The number of ether oxygens (including phenoxy) is 1. The van der Waals surface area contributed by atoms with Gasteiger partial charge in [-0.3, -0.25) is 0 Å². The van der Waals surface area contributed by atoms with Gasteiger partial charge in [0.15, 0.2) is 0 Å². The number of epoxide rings is 1. The monoisotopic (exact) mass is 161 g/mol. The van der Waals surface area contributed by atoms with Crippen molar-refractivity contribution in [2.75, 3.05) is 38.8 Å². The fourth-order valence-electron chi connectivity index (χ4n) is 0.859. The Hall–Kier alpha value is 0.270. The predicted octanol–water partition coefficient (Wildman–Crippen LogP) is 0.680. The maximum absolute atomic E-state index is 5.11. The second kappa shape index (κ2) is 4.21. The molecule has 0 radical (unpaired) electrons. The minimum Gasteiger partial charge on any atom is -0.372 e. The van der Waals surface area contributed by atoms with E-state index in [0.717, 1.165) is 13.2 Å². The normalized spacial score (nSPS) is 23.7. The van der Waals surface area contributed by atoms with Gasteiger partial charge in [-0.2, -0.15) is 11.8 Å². The highest BCUT2D eigenvalue weighted by Gasteiger charge is 2.23. The van der Waals surface area contributed by atoms with E-state index >= 15 is 0 Å². The molecule has 2 nitrogen and oxygen atoms in total. The Kier molecular flexibility index (Phi) is 3.52. The fourth-order valence-corrected chi connectivity index (χ4v) is 1.35. The molecule has 0 aromatic rings. The van der Waals surface area contributed by atoms with E-state index < -0.39 is 0 Å². The Bertz CT molecular complexity index is 95.6. The minimum atomic E-state index is 0.548. The van der Waals surface area contributed by atoms with Crippen LogP contribution < -0.4 is 0 Å². The zero-order valence-corrected chi connectivity index (χ0v) is 7.49. The topological polar surface area (TPSA) is 15.8 Å². The largest absolute Gasteiger partial charge is 0.372 e. The van der Waals surface area contributed by atoms with Crippen molar-refractivity contribution in [2.45, 2.75) is 6.10 Å². The second-order valence-corrected chi connectivity index (χ2v) is 3.70. The third-order valence-corrected chi connectivity index (χ3v) is 2.19. The lowest BCUT2D eigenvalue weighted by molar-refractivity contribution is 0.296. The average Bonchev–Trinajstić information content (AvgIpc) is 2.67. The maximum atomic E-state index is 5.11. The van der Waals surface area contributed by atoms with Gasteiger partial charge in [0.25, 0.3) is 0 Å². The van der Waals surface area contributed by atoms with Crippen molar-refractivity contribution in [3.8, 4) is 0 Å². The summed E-state index contributed by atoms with van der Waals surface area (Å²) in [6.45, 7) is 3.27. The Labute approximate surface area is 66.9 Å². The first-order valence-electron chi connectivity index (χ1n) is 3.62. The smallest absolute Gasteiger partial charge is 0.0936 e. The number of hydrogen-bond acceptors (Lipinski definition) is 3. The van der Waals surface area contributed by atoms with Gasteiger partial charge in [0.1, 0.15) is 0 Å². The molecule has 3 heteroatoms. The molecule has 1 aliphatic rings. The summed E-state index contributed by atoms with van der Waals surface area (Å²) in [7, 11) is 2.15. The molecule has 1 atom stereocenters. The van der Waals surface area contributed by atoms with Crippen LogP contribution in [0.2, 0.25) is 0 Å². The van der Waals surface area contributed by atoms with Gasteiger partial charge in [-0.25, -0.2) is 0 Å². The summed E-state index contributed by atoms with van der Waals surface area (Å²) in [6.07, 6.45) is 2.69. The number of thioether (sulfide) groups is 1. The van der Waals surface area contributed by atoms with Crippen LogP contribution in [0.15, 0.2) is 0 Å². The Morgan fingerprint density at radius 1 is 1.70 bits per heavy atom. The summed E-state index contributed by atoms with van der Waals surface area (Å²) in [5.41, 5.74) is 0. The van der Waals surface area contributed by atoms with Crippen LogP contribution >= 0.6 is 11.8 Å². The van der Waals surface area contributed by atoms with Crippen molar-refractivity contribution in [3.05, 3.63) is 0 Å². The highest BCUT2D eigenvalue weighted by molar-refractivity contribution is 7.98. The SMILES string of the molecule is CSCCN(C)CC1CO1. The Morgan fingerprint density at radius 2 is 2.40 bits per heavy atom. The van der Waals surface area contributed by atoms with Crippen molar-refractivity contribution < 1.29 is 4.74 Å². The number of nitrogens with zero attached hydrogens (tertiary/aromatic N) is 1. The first-order valence-corrected chi connectivity index (χ1v) is 5.01. The van der Waals surface area contributed by atoms with Crippen LogP contribution in [0.25, 0.3) is 0 Å². The number of rotatable bonds is 5. The molecule has 1 saturated heterocycles. The molecule has 1 rings (SSSR count). The van der Waals surface area contributed by atoms with E-state index in [9.17, 15) is 0 Å². The summed E-state index contributed by atoms with van der Waals surface area (Å²) >= 11 is 1.89. The summed E-state index contributed by atoms with van der Waals surface area (Å²) in [4.78, 5) is 2.33. The van der Waals surface area contributed by atoms with Crippen LogP contribution in [0, 0.1) is 0 Å². The zero-order chi connectivity index (χ0) is 7.40. The highest BCUT2D eigenvalue weighted by atomic mass is 32.2. The molecule has 0 aromatic carbocycles. The van der Waals surface area contributed by atoms with Gasteiger partial charge in [-0.05, 0) is 13.3 Å². The first kappa shape index (κ1) is 8.37. The van der Waals surface area contributed by atoms with Gasteiger partial charge >= 0.3 is 0 Å². The number of hydrogen-bond donors (Lipinski definition) is 0. The zero-order valence-electron chi connectivity index (χ0n) is 6.67. The third kappa shape index (κ3) is 3.44. The lowest BCUT2D eigenvalue weighted by Crippen LogP contribution is -2.25. The first-order chi connectivity index (χ1) is 4.83. The molecular formula is C7H15NOS. The summed E-state index contributed by atoms with van der Waals surface area (Å²) in [6, 6.07) is 0. The molecule has 0 aliphatic carbocycles. The van der Waals surface area contributed by atoms with E-state index in [1.165, 1.54) is 12.3 Å². The van der Waals surface area contributed by atoms with E-state index in [0.29, 0.717) is 6.10 Å². The van der Waals surface area contributed by atoms with Crippen LogP contribution in [0.4, 0.5) is 0 Å².